The van der Waals surface area contributed by atoms with Crippen LogP contribution in [0.1, 0.15) is 16.7 Å². The molecule has 0 aliphatic carbocycles. The lowest BCUT2D eigenvalue weighted by Gasteiger charge is -2.13. The molecule has 2 aromatic heterocycles. The van der Waals surface area contributed by atoms with Gasteiger partial charge in [0, 0.05) is 10.7 Å². The number of nitrogens with zero attached hydrogens (tertiary/aromatic N) is 3. The van der Waals surface area contributed by atoms with Crippen LogP contribution in [-0.4, -0.2) is 17.8 Å². The fraction of sp³-hybridized carbons (Fsp3) is 0.0800. The van der Waals surface area contributed by atoms with Crippen LogP contribution in [0.25, 0.3) is 11.7 Å². The predicted octanol–water partition coefficient (Wildman–Crippen LogP) is 5.20. The number of benzene rings is 2. The minimum atomic E-state index is -4.19. The summed E-state index contributed by atoms with van der Waals surface area (Å²) in [6.45, 7) is 3.79. The van der Waals surface area contributed by atoms with Crippen molar-refractivity contribution in [2.75, 3.05) is 0 Å². The zero-order chi connectivity index (χ0) is 24.5. The van der Waals surface area contributed by atoms with Crippen molar-refractivity contribution in [1.29, 1.82) is 5.26 Å². The number of hydrogen-bond acceptors (Lipinski definition) is 6. The van der Waals surface area contributed by atoms with Crippen molar-refractivity contribution < 1.29 is 13.2 Å². The largest absolute Gasteiger partial charge is 0.438 e. The Labute approximate surface area is 204 Å². The van der Waals surface area contributed by atoms with E-state index in [1.807, 2.05) is 19.9 Å². The van der Waals surface area contributed by atoms with Crippen molar-refractivity contribution in [3.8, 4) is 17.7 Å². The van der Waals surface area contributed by atoms with Crippen LogP contribution in [0.15, 0.2) is 85.9 Å². The SMILES string of the molecule is Cc1cccc(Oc2nc3ccccn3c(=O)c2/C=C(\C#N)S(=O)(=O)c2ccc(Br)cc2)c1C. The topological polar surface area (TPSA) is 102 Å². The van der Waals surface area contributed by atoms with E-state index in [1.54, 1.807) is 48.5 Å². The summed E-state index contributed by atoms with van der Waals surface area (Å²) in [6.07, 6.45) is 2.53. The average molecular weight is 536 g/mol. The third kappa shape index (κ3) is 4.38. The molecule has 2 heterocycles. The summed E-state index contributed by atoms with van der Waals surface area (Å²) in [5.74, 6) is 0.375. The van der Waals surface area contributed by atoms with Gasteiger partial charge in [0.2, 0.25) is 15.7 Å². The molecule has 0 N–H and O–H groups in total. The number of fused-ring (bicyclic) bond motifs is 1. The molecular weight excluding hydrogens is 518 g/mol. The molecule has 0 unspecified atom stereocenters. The first-order valence-corrected chi connectivity index (χ1v) is 12.4. The highest BCUT2D eigenvalue weighted by Gasteiger charge is 2.24. The number of allylic oxidation sites excluding steroid dienone is 1. The summed E-state index contributed by atoms with van der Waals surface area (Å²) in [5.41, 5.74) is 1.42. The van der Waals surface area contributed by atoms with Gasteiger partial charge in [0.25, 0.3) is 5.56 Å². The molecule has 4 aromatic rings. The molecule has 0 fully saturated rings. The molecule has 0 amide bonds. The van der Waals surface area contributed by atoms with Crippen molar-refractivity contribution >= 4 is 37.5 Å². The Kier molecular flexibility index (Phi) is 6.37. The Morgan fingerprint density at radius 1 is 1.09 bits per heavy atom. The number of ether oxygens (including phenoxy) is 1. The van der Waals surface area contributed by atoms with E-state index in [0.29, 0.717) is 15.9 Å². The number of hydrogen-bond donors (Lipinski definition) is 0. The second-order valence-corrected chi connectivity index (χ2v) is 10.3. The maximum absolute atomic E-state index is 13.3. The van der Waals surface area contributed by atoms with E-state index in [2.05, 4.69) is 20.9 Å². The van der Waals surface area contributed by atoms with Gasteiger partial charge < -0.3 is 4.74 Å². The molecule has 0 bridgehead atoms. The average Bonchev–Trinajstić information content (AvgIpc) is 2.82. The van der Waals surface area contributed by atoms with Gasteiger partial charge in [0.1, 0.15) is 27.9 Å². The third-order valence-electron chi connectivity index (χ3n) is 5.29. The molecule has 9 heteroatoms. The molecule has 34 heavy (non-hydrogen) atoms. The van der Waals surface area contributed by atoms with Crippen molar-refractivity contribution in [3.63, 3.8) is 0 Å². The van der Waals surface area contributed by atoms with Gasteiger partial charge in [0.05, 0.1) is 4.90 Å². The lowest BCUT2D eigenvalue weighted by Crippen LogP contribution is -2.19. The van der Waals surface area contributed by atoms with Gasteiger partial charge in [-0.05, 0) is 73.5 Å². The number of aryl methyl sites for hydroxylation is 1. The molecule has 0 aliphatic heterocycles. The Balaban J connectivity index is 1.95. The zero-order valence-electron chi connectivity index (χ0n) is 18.2. The van der Waals surface area contributed by atoms with Crippen LogP contribution in [0.3, 0.4) is 0 Å². The second-order valence-electron chi connectivity index (χ2n) is 7.44. The van der Waals surface area contributed by atoms with Crippen molar-refractivity contribution in [2.45, 2.75) is 18.7 Å². The number of sulfone groups is 1. The molecule has 170 valence electrons. The quantitative estimate of drug-likeness (QED) is 0.325. The molecule has 0 radical (unpaired) electrons. The molecule has 0 saturated carbocycles. The Bertz CT molecular complexity index is 1650. The molecule has 2 aromatic carbocycles. The van der Waals surface area contributed by atoms with Gasteiger partial charge in [-0.2, -0.15) is 10.2 Å². The molecule has 4 rings (SSSR count). The van der Waals surface area contributed by atoms with Crippen LogP contribution < -0.4 is 10.3 Å². The normalized spacial score (nSPS) is 11.9. The van der Waals surface area contributed by atoms with Crippen LogP contribution >= 0.6 is 15.9 Å². The number of halogens is 1. The zero-order valence-corrected chi connectivity index (χ0v) is 20.6. The van der Waals surface area contributed by atoms with E-state index < -0.39 is 20.3 Å². The standard InChI is InChI=1S/C25H18BrN3O4S/c1-16-6-5-7-22(17(16)2)33-24-21(25(30)29-13-4-3-8-23(29)28-24)14-20(15-27)34(31,32)19-11-9-18(26)10-12-19/h3-14H,1-2H3/b20-14+. The van der Waals surface area contributed by atoms with Gasteiger partial charge in [-0.15, -0.1) is 0 Å². The van der Waals surface area contributed by atoms with Crippen molar-refractivity contribution in [1.82, 2.24) is 9.38 Å². The Morgan fingerprint density at radius 3 is 2.53 bits per heavy atom. The van der Waals surface area contributed by atoms with Gasteiger partial charge >= 0.3 is 0 Å². The maximum atomic E-state index is 13.3. The van der Waals surface area contributed by atoms with E-state index in [-0.39, 0.29) is 16.3 Å². The van der Waals surface area contributed by atoms with Crippen LogP contribution in [0.2, 0.25) is 0 Å². The van der Waals surface area contributed by atoms with E-state index in [0.717, 1.165) is 17.2 Å². The summed E-state index contributed by atoms with van der Waals surface area (Å²) >= 11 is 3.26. The monoisotopic (exact) mass is 535 g/mol. The summed E-state index contributed by atoms with van der Waals surface area (Å²) in [7, 11) is -4.19. The molecule has 0 spiro atoms. The minimum Gasteiger partial charge on any atom is -0.438 e. The first-order valence-electron chi connectivity index (χ1n) is 10.1. The van der Waals surface area contributed by atoms with Crippen LogP contribution in [-0.2, 0) is 9.84 Å². The molecular formula is C25H18BrN3O4S. The first kappa shape index (κ1) is 23.4. The summed E-state index contributed by atoms with van der Waals surface area (Å²) in [6, 6.07) is 18.1. The highest BCUT2D eigenvalue weighted by molar-refractivity contribution is 9.10. The fourth-order valence-electron chi connectivity index (χ4n) is 3.26. The van der Waals surface area contributed by atoms with Gasteiger partial charge in [-0.1, -0.05) is 34.1 Å². The van der Waals surface area contributed by atoms with Crippen molar-refractivity contribution in [2.24, 2.45) is 0 Å². The van der Waals surface area contributed by atoms with Crippen molar-refractivity contribution in [3.05, 3.63) is 103 Å². The number of rotatable bonds is 5. The number of aromatic nitrogens is 2. The smallest absolute Gasteiger partial charge is 0.269 e. The molecule has 0 saturated heterocycles. The van der Waals surface area contributed by atoms with E-state index in [4.69, 9.17) is 4.74 Å². The lowest BCUT2D eigenvalue weighted by molar-refractivity contribution is 0.457. The van der Waals surface area contributed by atoms with E-state index in [9.17, 15) is 18.5 Å². The van der Waals surface area contributed by atoms with Crippen LogP contribution in [0, 0.1) is 25.2 Å². The van der Waals surface area contributed by atoms with Gasteiger partial charge in [-0.25, -0.2) is 8.42 Å². The van der Waals surface area contributed by atoms with Crippen LogP contribution in [0.4, 0.5) is 0 Å². The van der Waals surface area contributed by atoms with Crippen LogP contribution in [0.5, 0.6) is 11.6 Å². The van der Waals surface area contributed by atoms with E-state index >= 15 is 0 Å². The van der Waals surface area contributed by atoms with Gasteiger partial charge in [-0.3, -0.25) is 9.20 Å². The minimum absolute atomic E-state index is 0.0747. The summed E-state index contributed by atoms with van der Waals surface area (Å²) in [5, 5.41) is 9.73. The maximum Gasteiger partial charge on any atom is 0.269 e. The first-order chi connectivity index (χ1) is 16.2. The fourth-order valence-corrected chi connectivity index (χ4v) is 4.67. The third-order valence-corrected chi connectivity index (χ3v) is 7.50. The highest BCUT2D eigenvalue weighted by Crippen LogP contribution is 2.30. The Hall–Kier alpha value is -3.74. The van der Waals surface area contributed by atoms with Gasteiger partial charge in [0.15, 0.2) is 0 Å². The van der Waals surface area contributed by atoms with E-state index in [1.165, 1.54) is 22.7 Å². The Morgan fingerprint density at radius 2 is 1.82 bits per heavy atom. The number of pyridine rings is 1. The summed E-state index contributed by atoms with van der Waals surface area (Å²) < 4.78 is 34.3. The molecule has 0 atom stereocenters. The molecule has 7 nitrogen and oxygen atoms in total. The highest BCUT2D eigenvalue weighted by atomic mass is 79.9. The lowest BCUT2D eigenvalue weighted by atomic mass is 10.1. The predicted molar refractivity (Wildman–Crippen MR) is 132 cm³/mol. The molecule has 0 aliphatic rings. The number of nitriles is 1. The second kappa shape index (κ2) is 9.25. The summed E-state index contributed by atoms with van der Waals surface area (Å²) in [4.78, 5) is 17.1.